The molecule has 2 rings (SSSR count). The van der Waals surface area contributed by atoms with Crippen LogP contribution in [0.2, 0.25) is 0 Å². The first-order valence-corrected chi connectivity index (χ1v) is 4.78. The molecular weight excluding hydrogens is 314 g/mol. The molecule has 0 saturated heterocycles. The zero-order chi connectivity index (χ0) is 11.4. The van der Waals surface area contributed by atoms with Crippen molar-refractivity contribution in [2.45, 2.75) is 6.61 Å². The van der Waals surface area contributed by atoms with E-state index in [2.05, 4.69) is 6.07 Å². The molecule has 5 heteroatoms. The van der Waals surface area contributed by atoms with Gasteiger partial charge in [0.05, 0.1) is 6.61 Å². The van der Waals surface area contributed by atoms with E-state index < -0.39 is 11.6 Å². The number of ether oxygens (including phenoxy) is 1. The van der Waals surface area contributed by atoms with Crippen molar-refractivity contribution in [3.8, 4) is 5.75 Å². The maximum atomic E-state index is 12.9. The van der Waals surface area contributed by atoms with Crippen molar-refractivity contribution < 1.29 is 30.5 Å². The van der Waals surface area contributed by atoms with Gasteiger partial charge < -0.3 is 21.7 Å². The van der Waals surface area contributed by atoms with E-state index in [0.29, 0.717) is 11.3 Å². The van der Waals surface area contributed by atoms with E-state index in [-0.39, 0.29) is 46.6 Å². The third-order valence-electron chi connectivity index (χ3n) is 2.07. The molecule has 90 valence electrons. The SMILES string of the molecule is Fc1ccc(COc2c[c-]ccc2)cc1F.[Br-].[Mg+2]. The van der Waals surface area contributed by atoms with Crippen molar-refractivity contribution in [2.24, 2.45) is 0 Å². The normalized spacial score (nSPS) is 9.00. The zero-order valence-electron chi connectivity index (χ0n) is 9.50. The van der Waals surface area contributed by atoms with E-state index in [4.69, 9.17) is 4.74 Å². The fourth-order valence-electron chi connectivity index (χ4n) is 1.26. The maximum absolute atomic E-state index is 12.9. The van der Waals surface area contributed by atoms with Gasteiger partial charge in [0.2, 0.25) is 0 Å². The summed E-state index contributed by atoms with van der Waals surface area (Å²) in [7, 11) is 0. The fraction of sp³-hybridized carbons (Fsp3) is 0.0769. The summed E-state index contributed by atoms with van der Waals surface area (Å²) in [6.07, 6.45) is 0. The second-order valence-corrected chi connectivity index (χ2v) is 3.28. The monoisotopic (exact) mass is 322 g/mol. The molecule has 0 aliphatic rings. The van der Waals surface area contributed by atoms with Crippen LogP contribution in [0, 0.1) is 17.7 Å². The van der Waals surface area contributed by atoms with E-state index in [9.17, 15) is 8.78 Å². The van der Waals surface area contributed by atoms with Gasteiger partial charge in [-0.3, -0.25) is 0 Å². The molecule has 0 fully saturated rings. The van der Waals surface area contributed by atoms with Crippen LogP contribution in [0.4, 0.5) is 8.78 Å². The summed E-state index contributed by atoms with van der Waals surface area (Å²) in [5, 5.41) is 0. The van der Waals surface area contributed by atoms with Gasteiger partial charge in [0, 0.05) is 5.75 Å². The van der Waals surface area contributed by atoms with Crippen LogP contribution in [0.1, 0.15) is 5.56 Å². The Kier molecular flexibility index (Phi) is 8.14. The van der Waals surface area contributed by atoms with Crippen molar-refractivity contribution in [3.05, 3.63) is 65.7 Å². The van der Waals surface area contributed by atoms with Crippen LogP contribution in [0.25, 0.3) is 0 Å². The molecular formula is C13H9BrF2MgO. The van der Waals surface area contributed by atoms with E-state index in [0.717, 1.165) is 12.1 Å². The quantitative estimate of drug-likeness (QED) is 0.569. The van der Waals surface area contributed by atoms with Crippen molar-refractivity contribution >= 4 is 23.1 Å². The van der Waals surface area contributed by atoms with Crippen LogP contribution >= 0.6 is 0 Å². The molecule has 2 aromatic carbocycles. The van der Waals surface area contributed by atoms with Crippen LogP contribution in [-0.4, -0.2) is 23.1 Å². The minimum absolute atomic E-state index is 0. The molecule has 0 radical (unpaired) electrons. The Morgan fingerprint density at radius 2 is 1.89 bits per heavy atom. The molecule has 0 aliphatic heterocycles. The van der Waals surface area contributed by atoms with Crippen molar-refractivity contribution in [3.63, 3.8) is 0 Å². The van der Waals surface area contributed by atoms with Gasteiger partial charge in [-0.2, -0.15) is 18.2 Å². The molecule has 0 amide bonds. The molecule has 2 aromatic rings. The second kappa shape index (κ2) is 8.45. The number of hydrogen-bond acceptors (Lipinski definition) is 1. The molecule has 18 heavy (non-hydrogen) atoms. The van der Waals surface area contributed by atoms with Gasteiger partial charge in [0.15, 0.2) is 11.6 Å². The topological polar surface area (TPSA) is 9.23 Å². The first kappa shape index (κ1) is 17.3. The third-order valence-corrected chi connectivity index (χ3v) is 2.07. The Morgan fingerprint density at radius 3 is 2.50 bits per heavy atom. The van der Waals surface area contributed by atoms with E-state index in [1.807, 2.05) is 0 Å². The first-order valence-electron chi connectivity index (χ1n) is 4.78. The predicted molar refractivity (Wildman–Crippen MR) is 61.7 cm³/mol. The summed E-state index contributed by atoms with van der Waals surface area (Å²) in [5.41, 5.74) is 0.586. The molecule has 0 saturated carbocycles. The van der Waals surface area contributed by atoms with Gasteiger partial charge in [0.25, 0.3) is 0 Å². The first-order chi connectivity index (χ1) is 7.75. The average Bonchev–Trinajstić information content (AvgIpc) is 2.32. The van der Waals surface area contributed by atoms with Gasteiger partial charge in [0.1, 0.15) is 0 Å². The Hall–Kier alpha value is -0.654. The standard InChI is InChI=1S/C13H9F2O.BrH.Mg/c14-12-7-6-10(8-13(12)15)9-16-11-4-2-1-3-5-11;;/h1-2,4-8H,9H2;1H;/q-1;;+2/p-1. The summed E-state index contributed by atoms with van der Waals surface area (Å²) in [6, 6.07) is 13.6. The minimum atomic E-state index is -0.860. The minimum Gasteiger partial charge on any atom is -1.00 e. The van der Waals surface area contributed by atoms with E-state index in [1.165, 1.54) is 6.07 Å². The molecule has 0 aromatic heterocycles. The molecule has 0 spiro atoms. The van der Waals surface area contributed by atoms with Crippen LogP contribution in [0.5, 0.6) is 5.75 Å². The number of benzene rings is 2. The smallest absolute Gasteiger partial charge is 1.00 e. The molecule has 1 nitrogen and oxygen atoms in total. The number of hydrogen-bond donors (Lipinski definition) is 0. The molecule has 0 unspecified atom stereocenters. The Balaban J connectivity index is 0.00000144. The molecule has 0 bridgehead atoms. The van der Waals surface area contributed by atoms with Crippen molar-refractivity contribution in [1.29, 1.82) is 0 Å². The largest absolute Gasteiger partial charge is 2.00 e. The summed E-state index contributed by atoms with van der Waals surface area (Å²) < 4.78 is 30.9. The summed E-state index contributed by atoms with van der Waals surface area (Å²) >= 11 is 0. The molecule has 0 heterocycles. The van der Waals surface area contributed by atoms with Gasteiger partial charge in [-0.25, -0.2) is 8.78 Å². The van der Waals surface area contributed by atoms with Gasteiger partial charge in [-0.1, -0.05) is 6.07 Å². The summed E-state index contributed by atoms with van der Waals surface area (Å²) in [5.74, 6) is -1.07. The van der Waals surface area contributed by atoms with Crippen molar-refractivity contribution in [2.75, 3.05) is 0 Å². The fourth-order valence-corrected chi connectivity index (χ4v) is 1.26. The Morgan fingerprint density at radius 1 is 1.11 bits per heavy atom. The summed E-state index contributed by atoms with van der Waals surface area (Å²) in [4.78, 5) is 0. The second-order valence-electron chi connectivity index (χ2n) is 3.28. The zero-order valence-corrected chi connectivity index (χ0v) is 12.5. The molecule has 0 atom stereocenters. The van der Waals surface area contributed by atoms with Crippen LogP contribution in [0.15, 0.2) is 42.5 Å². The van der Waals surface area contributed by atoms with Gasteiger partial charge in [-0.15, -0.1) is 12.1 Å². The maximum Gasteiger partial charge on any atom is 2.00 e. The predicted octanol–water partition coefficient (Wildman–Crippen LogP) is -0.0328. The van der Waals surface area contributed by atoms with Crippen LogP contribution in [0.3, 0.4) is 0 Å². The van der Waals surface area contributed by atoms with Crippen molar-refractivity contribution in [1.82, 2.24) is 0 Å². The molecule has 0 N–H and O–H groups in total. The molecule has 0 aliphatic carbocycles. The van der Waals surface area contributed by atoms with E-state index in [1.54, 1.807) is 24.3 Å². The average molecular weight is 323 g/mol. The van der Waals surface area contributed by atoms with Gasteiger partial charge >= 0.3 is 23.1 Å². The van der Waals surface area contributed by atoms with Crippen LogP contribution < -0.4 is 21.7 Å². The number of halogens is 3. The Bertz CT molecular complexity index is 480. The third kappa shape index (κ3) is 4.92. The summed E-state index contributed by atoms with van der Waals surface area (Å²) in [6.45, 7) is 0.203. The van der Waals surface area contributed by atoms with Gasteiger partial charge in [-0.05, 0) is 17.7 Å². The Labute approximate surface area is 131 Å². The van der Waals surface area contributed by atoms with Crippen LogP contribution in [-0.2, 0) is 6.61 Å². The number of rotatable bonds is 3. The van der Waals surface area contributed by atoms with E-state index >= 15 is 0 Å².